The molecule has 0 spiro atoms. The Bertz CT molecular complexity index is 584. The van der Waals surface area contributed by atoms with Crippen LogP contribution in [0, 0.1) is 6.92 Å². The maximum Gasteiger partial charge on any atom is 0.321 e. The van der Waals surface area contributed by atoms with Crippen LogP contribution in [0.4, 0.5) is 10.5 Å². The number of aromatic nitrogens is 2. The van der Waals surface area contributed by atoms with Gasteiger partial charge < -0.3 is 10.2 Å². The quantitative estimate of drug-likeness (QED) is 0.809. The molecule has 0 aliphatic carbocycles. The van der Waals surface area contributed by atoms with Crippen molar-refractivity contribution in [3.63, 3.8) is 0 Å². The van der Waals surface area contributed by atoms with Crippen molar-refractivity contribution in [1.82, 2.24) is 15.1 Å². The molecular formula is C13H16N4O. The number of carbonyl (C=O) groups excluding carboxylic acids is 1. The molecule has 1 aliphatic rings. The highest BCUT2D eigenvalue weighted by Gasteiger charge is 2.18. The Morgan fingerprint density at radius 2 is 2.17 bits per heavy atom. The largest absolute Gasteiger partial charge is 0.325 e. The van der Waals surface area contributed by atoms with Gasteiger partial charge >= 0.3 is 6.03 Å². The number of benzene rings is 1. The topological polar surface area (TPSA) is 61.0 Å². The number of hydrogen-bond donors (Lipinski definition) is 2. The first-order valence-electron chi connectivity index (χ1n) is 6.24. The highest BCUT2D eigenvalue weighted by Crippen LogP contribution is 2.24. The van der Waals surface area contributed by atoms with Crippen LogP contribution in [0.1, 0.15) is 18.4 Å². The van der Waals surface area contributed by atoms with E-state index in [1.54, 1.807) is 6.20 Å². The maximum atomic E-state index is 12.0. The molecule has 3 rings (SSSR count). The molecule has 1 aliphatic heterocycles. The van der Waals surface area contributed by atoms with Crippen molar-refractivity contribution in [2.24, 2.45) is 0 Å². The summed E-state index contributed by atoms with van der Waals surface area (Å²) in [6.45, 7) is 3.73. The second kappa shape index (κ2) is 4.33. The summed E-state index contributed by atoms with van der Waals surface area (Å²) in [5.41, 5.74) is 2.84. The third kappa shape index (κ3) is 1.81. The van der Waals surface area contributed by atoms with Crippen molar-refractivity contribution in [2.45, 2.75) is 19.8 Å². The molecule has 5 nitrogen and oxygen atoms in total. The fourth-order valence-corrected chi connectivity index (χ4v) is 2.39. The third-order valence-electron chi connectivity index (χ3n) is 3.47. The van der Waals surface area contributed by atoms with Crippen LogP contribution in [-0.4, -0.2) is 34.2 Å². The SMILES string of the molecule is Cc1ccc(NC(=O)N2CCCC2)c2[nH]ncc12. The van der Waals surface area contributed by atoms with Gasteiger partial charge in [-0.05, 0) is 31.4 Å². The summed E-state index contributed by atoms with van der Waals surface area (Å²) in [5, 5.41) is 11.0. The summed E-state index contributed by atoms with van der Waals surface area (Å²) in [4.78, 5) is 13.9. The minimum absolute atomic E-state index is 0.0211. The Labute approximate surface area is 105 Å². The molecule has 0 atom stereocenters. The number of likely N-dealkylation sites (tertiary alicyclic amines) is 1. The predicted octanol–water partition coefficient (Wildman–Crippen LogP) is 2.50. The molecule has 1 fully saturated rings. The lowest BCUT2D eigenvalue weighted by Gasteiger charge is -2.16. The zero-order valence-electron chi connectivity index (χ0n) is 10.4. The molecule has 2 N–H and O–H groups in total. The summed E-state index contributed by atoms with van der Waals surface area (Å²) in [5.74, 6) is 0. The molecule has 5 heteroatoms. The first-order valence-corrected chi connectivity index (χ1v) is 6.24. The number of rotatable bonds is 1. The number of nitrogens with zero attached hydrogens (tertiary/aromatic N) is 2. The minimum atomic E-state index is -0.0211. The van der Waals surface area contributed by atoms with E-state index in [-0.39, 0.29) is 6.03 Å². The van der Waals surface area contributed by atoms with Gasteiger partial charge in [-0.15, -0.1) is 0 Å². The van der Waals surface area contributed by atoms with Crippen molar-refractivity contribution in [1.29, 1.82) is 0 Å². The van der Waals surface area contributed by atoms with E-state index in [4.69, 9.17) is 0 Å². The van der Waals surface area contributed by atoms with E-state index in [0.717, 1.165) is 48.1 Å². The van der Waals surface area contributed by atoms with Crippen LogP contribution in [0.3, 0.4) is 0 Å². The van der Waals surface area contributed by atoms with Crippen LogP contribution >= 0.6 is 0 Å². The van der Waals surface area contributed by atoms with Gasteiger partial charge in [-0.3, -0.25) is 5.10 Å². The predicted molar refractivity (Wildman–Crippen MR) is 70.7 cm³/mol. The van der Waals surface area contributed by atoms with Crippen LogP contribution in [-0.2, 0) is 0 Å². The summed E-state index contributed by atoms with van der Waals surface area (Å²) in [6.07, 6.45) is 3.98. The van der Waals surface area contributed by atoms with Crippen LogP contribution in [0.25, 0.3) is 10.9 Å². The van der Waals surface area contributed by atoms with Gasteiger partial charge in [-0.25, -0.2) is 4.79 Å². The number of hydrogen-bond acceptors (Lipinski definition) is 2. The van der Waals surface area contributed by atoms with E-state index in [1.807, 2.05) is 24.0 Å². The van der Waals surface area contributed by atoms with Gasteiger partial charge in [0.15, 0.2) is 0 Å². The number of fused-ring (bicyclic) bond motifs is 1. The third-order valence-corrected chi connectivity index (χ3v) is 3.47. The van der Waals surface area contributed by atoms with Gasteiger partial charge in [0.05, 0.1) is 17.4 Å². The number of urea groups is 1. The van der Waals surface area contributed by atoms with E-state index in [0.29, 0.717) is 0 Å². The molecule has 0 unspecified atom stereocenters. The van der Waals surface area contributed by atoms with Gasteiger partial charge in [0.2, 0.25) is 0 Å². The Morgan fingerprint density at radius 3 is 2.94 bits per heavy atom. The van der Waals surface area contributed by atoms with Crippen LogP contribution in [0.5, 0.6) is 0 Å². The number of H-pyrrole nitrogens is 1. The Hall–Kier alpha value is -2.04. The van der Waals surface area contributed by atoms with E-state index in [1.165, 1.54) is 0 Å². The molecule has 2 amide bonds. The summed E-state index contributed by atoms with van der Waals surface area (Å²) in [6, 6.07) is 3.90. The number of carbonyl (C=O) groups is 1. The van der Waals surface area contributed by atoms with Crippen molar-refractivity contribution in [2.75, 3.05) is 18.4 Å². The second-order valence-electron chi connectivity index (χ2n) is 4.71. The van der Waals surface area contributed by atoms with Gasteiger partial charge in [0.1, 0.15) is 0 Å². The van der Waals surface area contributed by atoms with E-state index >= 15 is 0 Å². The van der Waals surface area contributed by atoms with Crippen molar-refractivity contribution < 1.29 is 4.79 Å². The molecule has 2 heterocycles. The van der Waals surface area contributed by atoms with Crippen molar-refractivity contribution >= 4 is 22.6 Å². The Kier molecular flexibility index (Phi) is 2.66. The van der Waals surface area contributed by atoms with Crippen molar-refractivity contribution in [3.8, 4) is 0 Å². The lowest BCUT2D eigenvalue weighted by Crippen LogP contribution is -2.32. The molecule has 18 heavy (non-hydrogen) atoms. The lowest BCUT2D eigenvalue weighted by atomic mass is 10.1. The highest BCUT2D eigenvalue weighted by molar-refractivity contribution is 6.00. The first-order chi connectivity index (χ1) is 8.75. The maximum absolute atomic E-state index is 12.0. The second-order valence-corrected chi connectivity index (χ2v) is 4.71. The molecule has 1 aromatic heterocycles. The number of nitrogens with one attached hydrogen (secondary N) is 2. The molecule has 0 bridgehead atoms. The Balaban J connectivity index is 1.88. The van der Waals surface area contributed by atoms with Gasteiger partial charge in [0.25, 0.3) is 0 Å². The molecule has 0 radical (unpaired) electrons. The molecule has 2 aromatic rings. The number of aromatic amines is 1. The molecule has 1 aromatic carbocycles. The summed E-state index contributed by atoms with van der Waals surface area (Å²) < 4.78 is 0. The lowest BCUT2D eigenvalue weighted by molar-refractivity contribution is 0.222. The van der Waals surface area contributed by atoms with Gasteiger partial charge in [-0.2, -0.15) is 5.10 Å². The standard InChI is InChI=1S/C13H16N4O/c1-9-4-5-11(12-10(9)8-14-16-12)15-13(18)17-6-2-3-7-17/h4-5,8H,2-3,6-7H2,1H3,(H,14,16)(H,15,18). The fourth-order valence-electron chi connectivity index (χ4n) is 2.39. The first kappa shape index (κ1) is 11.1. The average molecular weight is 244 g/mol. The van der Waals surface area contributed by atoms with Crippen molar-refractivity contribution in [3.05, 3.63) is 23.9 Å². The molecule has 0 saturated carbocycles. The van der Waals surface area contributed by atoms with Gasteiger partial charge in [0, 0.05) is 18.5 Å². The Morgan fingerprint density at radius 1 is 1.39 bits per heavy atom. The molecular weight excluding hydrogens is 228 g/mol. The van der Waals surface area contributed by atoms with E-state index < -0.39 is 0 Å². The zero-order valence-corrected chi connectivity index (χ0v) is 10.4. The number of anilines is 1. The number of amides is 2. The average Bonchev–Trinajstić information content (AvgIpc) is 3.01. The number of aryl methyl sites for hydroxylation is 1. The molecule has 1 saturated heterocycles. The van der Waals surface area contributed by atoms with E-state index in [9.17, 15) is 4.79 Å². The summed E-state index contributed by atoms with van der Waals surface area (Å²) >= 11 is 0. The minimum Gasteiger partial charge on any atom is -0.325 e. The van der Waals surface area contributed by atoms with Crippen LogP contribution in [0.15, 0.2) is 18.3 Å². The zero-order chi connectivity index (χ0) is 12.5. The monoisotopic (exact) mass is 244 g/mol. The fraction of sp³-hybridized carbons (Fsp3) is 0.385. The van der Waals surface area contributed by atoms with E-state index in [2.05, 4.69) is 15.5 Å². The highest BCUT2D eigenvalue weighted by atomic mass is 16.2. The van der Waals surface area contributed by atoms with Gasteiger partial charge in [-0.1, -0.05) is 6.07 Å². The smallest absolute Gasteiger partial charge is 0.321 e. The summed E-state index contributed by atoms with van der Waals surface area (Å²) in [7, 11) is 0. The van der Waals surface area contributed by atoms with Crippen LogP contribution in [0.2, 0.25) is 0 Å². The van der Waals surface area contributed by atoms with Crippen LogP contribution < -0.4 is 5.32 Å². The normalized spacial score (nSPS) is 15.3. The molecule has 94 valence electrons.